The monoisotopic (exact) mass is 273 g/mol. The van der Waals surface area contributed by atoms with E-state index in [1.807, 2.05) is 30.3 Å². The summed E-state index contributed by atoms with van der Waals surface area (Å²) in [4.78, 5) is 2.58. The molecule has 1 heterocycles. The molecule has 3 rings (SSSR count). The minimum atomic E-state index is -0.385. The van der Waals surface area contributed by atoms with Gasteiger partial charge in [-0.25, -0.2) is 0 Å². The molecule has 1 aromatic carbocycles. The van der Waals surface area contributed by atoms with Gasteiger partial charge in [0.15, 0.2) is 0 Å². The molecule has 2 fully saturated rings. The predicted molar refractivity (Wildman–Crippen MR) is 82.5 cm³/mol. The Morgan fingerprint density at radius 2 is 1.75 bits per heavy atom. The Morgan fingerprint density at radius 1 is 1.15 bits per heavy atom. The summed E-state index contributed by atoms with van der Waals surface area (Å²) >= 11 is 0. The van der Waals surface area contributed by atoms with Crippen LogP contribution in [0.2, 0.25) is 0 Å². The fourth-order valence-corrected chi connectivity index (χ4v) is 4.21. The highest BCUT2D eigenvalue weighted by molar-refractivity contribution is 5.19. The number of benzene rings is 1. The molecule has 3 unspecified atom stereocenters. The first-order valence-corrected chi connectivity index (χ1v) is 8.01. The average molecular weight is 273 g/mol. The van der Waals surface area contributed by atoms with E-state index in [9.17, 15) is 5.11 Å². The maximum atomic E-state index is 10.7. The lowest BCUT2D eigenvalue weighted by Crippen LogP contribution is -2.37. The molecule has 1 aliphatic carbocycles. The first kappa shape index (κ1) is 14.1. The zero-order chi connectivity index (χ0) is 14.2. The SMILES string of the molecule is CC(C)(CN1CC2CCCC2C1)C(O)c1ccccc1. The molecule has 1 saturated heterocycles. The molecule has 20 heavy (non-hydrogen) atoms. The van der Waals surface area contributed by atoms with Crippen LogP contribution in [0.4, 0.5) is 0 Å². The predicted octanol–water partition coefficient (Wildman–Crippen LogP) is 3.48. The van der Waals surface area contributed by atoms with E-state index in [0.29, 0.717) is 0 Å². The molecule has 1 aromatic rings. The molecule has 2 heteroatoms. The van der Waals surface area contributed by atoms with Crippen molar-refractivity contribution in [3.05, 3.63) is 35.9 Å². The van der Waals surface area contributed by atoms with E-state index in [4.69, 9.17) is 0 Å². The topological polar surface area (TPSA) is 23.5 Å². The van der Waals surface area contributed by atoms with Gasteiger partial charge in [-0.15, -0.1) is 0 Å². The Hall–Kier alpha value is -0.860. The molecule has 110 valence electrons. The van der Waals surface area contributed by atoms with Crippen LogP contribution in [-0.4, -0.2) is 29.6 Å². The van der Waals surface area contributed by atoms with Crippen molar-refractivity contribution in [3.63, 3.8) is 0 Å². The summed E-state index contributed by atoms with van der Waals surface area (Å²) < 4.78 is 0. The van der Waals surface area contributed by atoms with Crippen LogP contribution in [0.1, 0.15) is 44.8 Å². The summed E-state index contributed by atoms with van der Waals surface area (Å²) in [6, 6.07) is 10.1. The van der Waals surface area contributed by atoms with Gasteiger partial charge in [0, 0.05) is 25.0 Å². The maximum Gasteiger partial charge on any atom is 0.0853 e. The normalized spacial score (nSPS) is 28.6. The number of rotatable bonds is 4. The quantitative estimate of drug-likeness (QED) is 0.908. The van der Waals surface area contributed by atoms with Gasteiger partial charge in [0.25, 0.3) is 0 Å². The van der Waals surface area contributed by atoms with Crippen molar-refractivity contribution in [3.8, 4) is 0 Å². The third kappa shape index (κ3) is 2.77. The second kappa shape index (κ2) is 5.50. The minimum absolute atomic E-state index is 0.0972. The zero-order valence-corrected chi connectivity index (χ0v) is 12.8. The van der Waals surface area contributed by atoms with E-state index < -0.39 is 0 Å². The van der Waals surface area contributed by atoms with E-state index in [1.165, 1.54) is 32.4 Å². The van der Waals surface area contributed by atoms with Crippen molar-refractivity contribution in [1.29, 1.82) is 0 Å². The number of hydrogen-bond donors (Lipinski definition) is 1. The lowest BCUT2D eigenvalue weighted by atomic mass is 9.82. The third-order valence-corrected chi connectivity index (χ3v) is 5.29. The first-order chi connectivity index (χ1) is 9.56. The zero-order valence-electron chi connectivity index (χ0n) is 12.8. The fraction of sp³-hybridized carbons (Fsp3) is 0.667. The molecule has 0 bridgehead atoms. The molecule has 1 saturated carbocycles. The largest absolute Gasteiger partial charge is 0.388 e. The molecule has 3 atom stereocenters. The Labute approximate surface area is 122 Å². The molecule has 0 amide bonds. The Balaban J connectivity index is 1.64. The van der Waals surface area contributed by atoms with Crippen LogP contribution in [0.15, 0.2) is 30.3 Å². The van der Waals surface area contributed by atoms with Crippen LogP contribution in [0.3, 0.4) is 0 Å². The van der Waals surface area contributed by atoms with Gasteiger partial charge in [0.1, 0.15) is 0 Å². The van der Waals surface area contributed by atoms with E-state index in [0.717, 1.165) is 23.9 Å². The number of hydrogen-bond acceptors (Lipinski definition) is 2. The van der Waals surface area contributed by atoms with Gasteiger partial charge < -0.3 is 10.0 Å². The molecule has 2 nitrogen and oxygen atoms in total. The summed E-state index contributed by atoms with van der Waals surface area (Å²) in [6.07, 6.45) is 3.88. The minimum Gasteiger partial charge on any atom is -0.388 e. The highest BCUT2D eigenvalue weighted by Crippen LogP contribution is 2.41. The van der Waals surface area contributed by atoms with Crippen LogP contribution in [-0.2, 0) is 0 Å². The Bertz CT molecular complexity index is 430. The van der Waals surface area contributed by atoms with Gasteiger partial charge in [0.05, 0.1) is 6.10 Å². The Kier molecular flexibility index (Phi) is 3.87. The second-order valence-electron chi connectivity index (χ2n) is 7.45. The van der Waals surface area contributed by atoms with Crippen molar-refractivity contribution < 1.29 is 5.11 Å². The smallest absolute Gasteiger partial charge is 0.0853 e. The number of aliphatic hydroxyl groups excluding tert-OH is 1. The van der Waals surface area contributed by atoms with Crippen LogP contribution >= 0.6 is 0 Å². The number of fused-ring (bicyclic) bond motifs is 1. The molecule has 1 N–H and O–H groups in total. The van der Waals surface area contributed by atoms with Crippen LogP contribution in [0.25, 0.3) is 0 Å². The molecule has 0 radical (unpaired) electrons. The van der Waals surface area contributed by atoms with Gasteiger partial charge in [-0.05, 0) is 30.2 Å². The van der Waals surface area contributed by atoms with E-state index in [-0.39, 0.29) is 11.5 Å². The summed E-state index contributed by atoms with van der Waals surface area (Å²) in [5, 5.41) is 10.7. The van der Waals surface area contributed by atoms with E-state index >= 15 is 0 Å². The lowest BCUT2D eigenvalue weighted by molar-refractivity contribution is 0.0238. The average Bonchev–Trinajstić information content (AvgIpc) is 2.99. The standard InChI is InChI=1S/C18H27NO/c1-18(2,17(20)14-7-4-3-5-8-14)13-19-11-15-9-6-10-16(15)12-19/h3-5,7-8,15-17,20H,6,9-13H2,1-2H3. The summed E-state index contributed by atoms with van der Waals surface area (Å²) in [6.45, 7) is 7.87. The first-order valence-electron chi connectivity index (χ1n) is 8.01. The third-order valence-electron chi connectivity index (χ3n) is 5.29. The number of nitrogens with zero attached hydrogens (tertiary/aromatic N) is 1. The lowest BCUT2D eigenvalue weighted by Gasteiger charge is -2.35. The summed E-state index contributed by atoms with van der Waals surface area (Å²) in [7, 11) is 0. The van der Waals surface area contributed by atoms with Crippen molar-refractivity contribution in [1.82, 2.24) is 4.90 Å². The van der Waals surface area contributed by atoms with E-state index in [2.05, 4.69) is 18.7 Å². The highest BCUT2D eigenvalue weighted by atomic mass is 16.3. The van der Waals surface area contributed by atoms with E-state index in [1.54, 1.807) is 0 Å². The molecular formula is C18H27NO. The van der Waals surface area contributed by atoms with Gasteiger partial charge >= 0.3 is 0 Å². The van der Waals surface area contributed by atoms with Gasteiger partial charge in [-0.3, -0.25) is 0 Å². The van der Waals surface area contributed by atoms with Crippen molar-refractivity contribution in [2.45, 2.75) is 39.2 Å². The van der Waals surface area contributed by atoms with Gasteiger partial charge in [-0.1, -0.05) is 50.6 Å². The van der Waals surface area contributed by atoms with Crippen LogP contribution in [0.5, 0.6) is 0 Å². The highest BCUT2D eigenvalue weighted by Gasteiger charge is 2.39. The molecule has 0 aromatic heterocycles. The molecule has 0 spiro atoms. The van der Waals surface area contributed by atoms with Crippen molar-refractivity contribution in [2.24, 2.45) is 17.3 Å². The second-order valence-corrected chi connectivity index (χ2v) is 7.45. The number of aliphatic hydroxyl groups is 1. The van der Waals surface area contributed by atoms with Crippen molar-refractivity contribution >= 4 is 0 Å². The van der Waals surface area contributed by atoms with Crippen LogP contribution < -0.4 is 0 Å². The van der Waals surface area contributed by atoms with Gasteiger partial charge in [0.2, 0.25) is 0 Å². The van der Waals surface area contributed by atoms with Crippen LogP contribution in [0, 0.1) is 17.3 Å². The fourth-order valence-electron chi connectivity index (χ4n) is 4.21. The maximum absolute atomic E-state index is 10.7. The molecular weight excluding hydrogens is 246 g/mol. The number of likely N-dealkylation sites (tertiary alicyclic amines) is 1. The molecule has 2 aliphatic rings. The summed E-state index contributed by atoms with van der Waals surface area (Å²) in [5.41, 5.74) is 0.942. The Morgan fingerprint density at radius 3 is 2.35 bits per heavy atom. The molecule has 1 aliphatic heterocycles. The van der Waals surface area contributed by atoms with Gasteiger partial charge in [-0.2, -0.15) is 0 Å². The summed E-state index contributed by atoms with van der Waals surface area (Å²) in [5.74, 6) is 1.86. The van der Waals surface area contributed by atoms with Crippen molar-refractivity contribution in [2.75, 3.05) is 19.6 Å².